The summed E-state index contributed by atoms with van der Waals surface area (Å²) in [5, 5.41) is 3.39. The summed E-state index contributed by atoms with van der Waals surface area (Å²) in [6.07, 6.45) is 2.33. The van der Waals surface area contributed by atoms with Crippen molar-refractivity contribution in [2.24, 2.45) is 0 Å². The molecule has 1 saturated heterocycles. The van der Waals surface area contributed by atoms with E-state index in [1.165, 1.54) is 12.8 Å². The predicted molar refractivity (Wildman–Crippen MR) is 77.9 cm³/mol. The molecule has 0 spiro atoms. The molecule has 1 aliphatic rings. The molecular formula is C14H24N4O. The molecule has 0 aromatic carbocycles. The van der Waals surface area contributed by atoms with E-state index >= 15 is 0 Å². The van der Waals surface area contributed by atoms with E-state index in [1.807, 2.05) is 13.8 Å². The Bertz CT molecular complexity index is 469. The van der Waals surface area contributed by atoms with Crippen molar-refractivity contribution in [3.8, 4) is 0 Å². The minimum absolute atomic E-state index is 0.0530. The summed E-state index contributed by atoms with van der Waals surface area (Å²) >= 11 is 0. The van der Waals surface area contributed by atoms with E-state index in [0.29, 0.717) is 6.04 Å². The van der Waals surface area contributed by atoms with Gasteiger partial charge in [-0.05, 0) is 19.4 Å². The van der Waals surface area contributed by atoms with E-state index in [0.717, 1.165) is 31.3 Å². The van der Waals surface area contributed by atoms with Gasteiger partial charge in [-0.25, -0.2) is 4.98 Å². The van der Waals surface area contributed by atoms with Crippen molar-refractivity contribution in [3.05, 3.63) is 22.2 Å². The van der Waals surface area contributed by atoms with Crippen LogP contribution in [0.5, 0.6) is 0 Å². The van der Waals surface area contributed by atoms with Crippen molar-refractivity contribution < 1.29 is 0 Å². The summed E-state index contributed by atoms with van der Waals surface area (Å²) in [6.45, 7) is 9.13. The zero-order chi connectivity index (χ0) is 13.8. The number of H-pyrrole nitrogens is 1. The SMILES string of the molecule is CCNCC1CCCN1c1cc(=O)[nH]c(C(C)C)n1. The maximum absolute atomic E-state index is 11.8. The topological polar surface area (TPSA) is 61.0 Å². The Morgan fingerprint density at radius 1 is 1.58 bits per heavy atom. The van der Waals surface area contributed by atoms with Crippen LogP contribution in [0.15, 0.2) is 10.9 Å². The Balaban J connectivity index is 2.22. The van der Waals surface area contributed by atoms with E-state index in [-0.39, 0.29) is 11.5 Å². The molecule has 5 heteroatoms. The van der Waals surface area contributed by atoms with E-state index in [9.17, 15) is 4.79 Å². The van der Waals surface area contributed by atoms with Crippen molar-refractivity contribution in [1.82, 2.24) is 15.3 Å². The first-order valence-electron chi connectivity index (χ1n) is 7.20. The number of likely N-dealkylation sites (N-methyl/N-ethyl adjacent to an activating group) is 1. The molecule has 1 atom stereocenters. The molecule has 0 bridgehead atoms. The zero-order valence-corrected chi connectivity index (χ0v) is 12.1. The third-order valence-electron chi connectivity index (χ3n) is 3.59. The van der Waals surface area contributed by atoms with Gasteiger partial charge >= 0.3 is 0 Å². The van der Waals surface area contributed by atoms with Crippen LogP contribution in [0.25, 0.3) is 0 Å². The van der Waals surface area contributed by atoms with Crippen LogP contribution in [-0.2, 0) is 0 Å². The van der Waals surface area contributed by atoms with Crippen molar-refractivity contribution in [2.45, 2.75) is 45.6 Å². The summed E-state index contributed by atoms with van der Waals surface area (Å²) in [7, 11) is 0. The van der Waals surface area contributed by atoms with Crippen LogP contribution >= 0.6 is 0 Å². The van der Waals surface area contributed by atoms with Crippen LogP contribution in [0.4, 0.5) is 5.82 Å². The molecule has 1 unspecified atom stereocenters. The van der Waals surface area contributed by atoms with Crippen LogP contribution in [-0.4, -0.2) is 35.6 Å². The Morgan fingerprint density at radius 3 is 3.05 bits per heavy atom. The number of hydrogen-bond acceptors (Lipinski definition) is 4. The molecule has 0 saturated carbocycles. The Hall–Kier alpha value is -1.36. The van der Waals surface area contributed by atoms with Crippen molar-refractivity contribution in [2.75, 3.05) is 24.5 Å². The normalized spacial score (nSPS) is 19.4. The van der Waals surface area contributed by atoms with Gasteiger partial charge in [0.25, 0.3) is 5.56 Å². The first-order chi connectivity index (χ1) is 9.11. The third-order valence-corrected chi connectivity index (χ3v) is 3.59. The van der Waals surface area contributed by atoms with Crippen LogP contribution in [0, 0.1) is 0 Å². The summed E-state index contributed by atoms with van der Waals surface area (Å²) in [5.74, 6) is 1.84. The molecule has 2 N–H and O–H groups in total. The third kappa shape index (κ3) is 3.35. The van der Waals surface area contributed by atoms with Gasteiger partial charge in [0.15, 0.2) is 0 Å². The smallest absolute Gasteiger partial charge is 0.252 e. The fraction of sp³-hybridized carbons (Fsp3) is 0.714. The van der Waals surface area contributed by atoms with Crippen molar-refractivity contribution >= 4 is 5.82 Å². The second kappa shape index (κ2) is 6.19. The van der Waals surface area contributed by atoms with Gasteiger partial charge in [0.05, 0.1) is 0 Å². The molecule has 1 fully saturated rings. The molecule has 0 aliphatic carbocycles. The quantitative estimate of drug-likeness (QED) is 0.845. The predicted octanol–water partition coefficient (Wildman–Crippen LogP) is 1.47. The second-order valence-corrected chi connectivity index (χ2v) is 5.44. The Kier molecular flexibility index (Phi) is 4.58. The lowest BCUT2D eigenvalue weighted by Gasteiger charge is -2.26. The van der Waals surface area contributed by atoms with Crippen LogP contribution < -0.4 is 15.8 Å². The van der Waals surface area contributed by atoms with Gasteiger partial charge in [-0.2, -0.15) is 0 Å². The molecule has 5 nitrogen and oxygen atoms in total. The fourth-order valence-electron chi connectivity index (χ4n) is 2.54. The van der Waals surface area contributed by atoms with E-state index in [2.05, 4.69) is 27.1 Å². The van der Waals surface area contributed by atoms with Gasteiger partial charge < -0.3 is 15.2 Å². The molecule has 1 aromatic rings. The number of nitrogens with zero attached hydrogens (tertiary/aromatic N) is 2. The highest BCUT2D eigenvalue weighted by Gasteiger charge is 2.25. The van der Waals surface area contributed by atoms with Crippen LogP contribution in [0.3, 0.4) is 0 Å². The molecule has 0 amide bonds. The molecule has 1 aliphatic heterocycles. The number of hydrogen-bond donors (Lipinski definition) is 2. The van der Waals surface area contributed by atoms with E-state index in [4.69, 9.17) is 0 Å². The summed E-state index contributed by atoms with van der Waals surface area (Å²) in [5.41, 5.74) is -0.0530. The van der Waals surface area contributed by atoms with E-state index < -0.39 is 0 Å². The largest absolute Gasteiger partial charge is 0.352 e. The Morgan fingerprint density at radius 2 is 2.37 bits per heavy atom. The minimum atomic E-state index is -0.0530. The highest BCUT2D eigenvalue weighted by Crippen LogP contribution is 2.23. The molecular weight excluding hydrogens is 240 g/mol. The standard InChI is InChI=1S/C14H24N4O/c1-4-15-9-11-6-5-7-18(11)12-8-13(19)17-14(16-12)10(2)3/h8,10-11,15H,4-7,9H2,1-3H3,(H,16,17,19). The number of aromatic amines is 1. The maximum atomic E-state index is 11.8. The minimum Gasteiger partial charge on any atom is -0.352 e. The average molecular weight is 264 g/mol. The van der Waals surface area contributed by atoms with Crippen molar-refractivity contribution in [1.29, 1.82) is 0 Å². The van der Waals surface area contributed by atoms with E-state index in [1.54, 1.807) is 6.07 Å². The highest BCUT2D eigenvalue weighted by molar-refractivity contribution is 5.40. The van der Waals surface area contributed by atoms with Gasteiger partial charge in [0.1, 0.15) is 11.6 Å². The molecule has 0 radical (unpaired) electrons. The molecule has 106 valence electrons. The number of anilines is 1. The van der Waals surface area contributed by atoms with Crippen LogP contribution in [0.1, 0.15) is 45.4 Å². The highest BCUT2D eigenvalue weighted by atomic mass is 16.1. The lowest BCUT2D eigenvalue weighted by atomic mass is 10.2. The molecule has 2 heterocycles. The molecule has 1 aromatic heterocycles. The van der Waals surface area contributed by atoms with Gasteiger partial charge in [-0.3, -0.25) is 4.79 Å². The Labute approximate surface area is 114 Å². The zero-order valence-electron chi connectivity index (χ0n) is 12.1. The maximum Gasteiger partial charge on any atom is 0.252 e. The van der Waals surface area contributed by atoms with Gasteiger partial charge in [-0.1, -0.05) is 20.8 Å². The number of rotatable bonds is 5. The summed E-state index contributed by atoms with van der Waals surface area (Å²) in [4.78, 5) is 21.5. The number of nitrogens with one attached hydrogen (secondary N) is 2. The first kappa shape index (κ1) is 14.1. The van der Waals surface area contributed by atoms with Crippen LogP contribution in [0.2, 0.25) is 0 Å². The average Bonchev–Trinajstić information content (AvgIpc) is 2.83. The van der Waals surface area contributed by atoms with Gasteiger partial charge in [-0.15, -0.1) is 0 Å². The molecule has 2 rings (SSSR count). The number of aromatic nitrogens is 2. The molecule has 19 heavy (non-hydrogen) atoms. The summed E-state index contributed by atoms with van der Waals surface area (Å²) in [6, 6.07) is 2.07. The fourth-order valence-corrected chi connectivity index (χ4v) is 2.54. The lowest BCUT2D eigenvalue weighted by molar-refractivity contribution is 0.582. The summed E-state index contributed by atoms with van der Waals surface area (Å²) < 4.78 is 0. The van der Waals surface area contributed by atoms with Crippen molar-refractivity contribution in [3.63, 3.8) is 0 Å². The monoisotopic (exact) mass is 264 g/mol. The second-order valence-electron chi connectivity index (χ2n) is 5.44. The van der Waals surface area contributed by atoms with Gasteiger partial charge in [0.2, 0.25) is 0 Å². The lowest BCUT2D eigenvalue weighted by Crippen LogP contribution is -2.39. The van der Waals surface area contributed by atoms with Gasteiger partial charge in [0, 0.05) is 31.1 Å². The first-order valence-corrected chi connectivity index (χ1v) is 7.20.